The minimum Gasteiger partial charge on any atom is -0.341 e. The maximum atomic E-state index is 13.1. The van der Waals surface area contributed by atoms with Crippen LogP contribution in [0.25, 0.3) is 11.0 Å². The van der Waals surface area contributed by atoms with E-state index in [2.05, 4.69) is 21.9 Å². The van der Waals surface area contributed by atoms with Gasteiger partial charge in [-0.05, 0) is 38.6 Å². The number of fused-ring (bicyclic) bond motifs is 1. The molecule has 90 valence electrons. The smallest absolute Gasteiger partial charge is 0.125 e. The standard InChI is InChI=1S/C13H16FN3/c1-17-7-3-2-4-12(17)13-15-10-6-5-9(14)8-11(10)16-13/h5-6,8,12H,2-4,7H2,1H3,(H,15,16). The molecule has 2 heterocycles. The van der Waals surface area contributed by atoms with Gasteiger partial charge in [0.2, 0.25) is 0 Å². The second-order valence-electron chi connectivity index (χ2n) is 4.78. The molecule has 1 saturated heterocycles. The van der Waals surface area contributed by atoms with Crippen molar-refractivity contribution in [2.45, 2.75) is 25.3 Å². The Balaban J connectivity index is 1.99. The average molecular weight is 233 g/mol. The van der Waals surface area contributed by atoms with Crippen molar-refractivity contribution in [1.82, 2.24) is 14.9 Å². The molecule has 0 radical (unpaired) electrons. The molecule has 0 spiro atoms. The third-order valence-electron chi connectivity index (χ3n) is 3.55. The summed E-state index contributed by atoms with van der Waals surface area (Å²) in [5, 5.41) is 0. The van der Waals surface area contributed by atoms with Gasteiger partial charge in [0.25, 0.3) is 0 Å². The number of nitrogens with one attached hydrogen (secondary N) is 1. The molecule has 1 atom stereocenters. The molecule has 0 aliphatic carbocycles. The van der Waals surface area contributed by atoms with Crippen LogP contribution < -0.4 is 0 Å². The van der Waals surface area contributed by atoms with E-state index >= 15 is 0 Å². The van der Waals surface area contributed by atoms with E-state index in [1.165, 1.54) is 25.0 Å². The maximum absolute atomic E-state index is 13.1. The van der Waals surface area contributed by atoms with E-state index in [-0.39, 0.29) is 5.82 Å². The molecule has 1 aromatic carbocycles. The number of imidazole rings is 1. The highest BCUT2D eigenvalue weighted by atomic mass is 19.1. The van der Waals surface area contributed by atoms with E-state index in [0.717, 1.165) is 29.8 Å². The van der Waals surface area contributed by atoms with Crippen LogP contribution in [0, 0.1) is 5.82 Å². The number of piperidine rings is 1. The van der Waals surface area contributed by atoms with Gasteiger partial charge in [0.1, 0.15) is 11.6 Å². The number of hydrogen-bond acceptors (Lipinski definition) is 2. The summed E-state index contributed by atoms with van der Waals surface area (Å²) in [7, 11) is 2.12. The Morgan fingerprint density at radius 1 is 1.41 bits per heavy atom. The van der Waals surface area contributed by atoms with Crippen LogP contribution in [0.4, 0.5) is 4.39 Å². The molecule has 0 saturated carbocycles. The second kappa shape index (κ2) is 4.11. The predicted molar refractivity (Wildman–Crippen MR) is 65.3 cm³/mol. The molecule has 1 aromatic heterocycles. The van der Waals surface area contributed by atoms with E-state index < -0.39 is 0 Å². The van der Waals surface area contributed by atoms with Gasteiger partial charge in [-0.1, -0.05) is 6.42 Å². The Bertz CT molecular complexity index is 534. The Kier molecular flexibility index (Phi) is 2.59. The first-order valence-electron chi connectivity index (χ1n) is 6.09. The normalized spacial score (nSPS) is 22.1. The van der Waals surface area contributed by atoms with Gasteiger partial charge in [-0.15, -0.1) is 0 Å². The first-order chi connectivity index (χ1) is 8.24. The van der Waals surface area contributed by atoms with Crippen LogP contribution in [0.1, 0.15) is 31.1 Å². The Hall–Kier alpha value is -1.42. The third kappa shape index (κ3) is 1.93. The maximum Gasteiger partial charge on any atom is 0.125 e. The van der Waals surface area contributed by atoms with Crippen molar-refractivity contribution in [3.05, 3.63) is 29.8 Å². The van der Waals surface area contributed by atoms with Crippen LogP contribution in [0.3, 0.4) is 0 Å². The molecule has 3 nitrogen and oxygen atoms in total. The quantitative estimate of drug-likeness (QED) is 0.821. The van der Waals surface area contributed by atoms with Gasteiger partial charge in [-0.25, -0.2) is 9.37 Å². The molecule has 1 aliphatic rings. The zero-order valence-corrected chi connectivity index (χ0v) is 9.91. The summed E-state index contributed by atoms with van der Waals surface area (Å²) in [4.78, 5) is 10.1. The van der Waals surface area contributed by atoms with E-state index in [9.17, 15) is 4.39 Å². The minimum absolute atomic E-state index is 0.229. The number of aromatic nitrogens is 2. The van der Waals surface area contributed by atoms with Crippen molar-refractivity contribution in [3.63, 3.8) is 0 Å². The summed E-state index contributed by atoms with van der Waals surface area (Å²) in [6.45, 7) is 1.11. The van der Waals surface area contributed by atoms with Crippen molar-refractivity contribution in [2.75, 3.05) is 13.6 Å². The lowest BCUT2D eigenvalue weighted by atomic mass is 10.0. The Morgan fingerprint density at radius 2 is 2.29 bits per heavy atom. The SMILES string of the molecule is CN1CCCCC1c1nc2cc(F)ccc2[nH]1. The number of benzene rings is 1. The van der Waals surface area contributed by atoms with Gasteiger partial charge >= 0.3 is 0 Å². The summed E-state index contributed by atoms with van der Waals surface area (Å²) in [6.07, 6.45) is 3.61. The van der Waals surface area contributed by atoms with Crippen LogP contribution in [0.5, 0.6) is 0 Å². The molecule has 1 N–H and O–H groups in total. The largest absolute Gasteiger partial charge is 0.341 e. The van der Waals surface area contributed by atoms with Gasteiger partial charge in [-0.3, -0.25) is 4.90 Å². The first-order valence-corrected chi connectivity index (χ1v) is 6.09. The van der Waals surface area contributed by atoms with Crippen molar-refractivity contribution < 1.29 is 4.39 Å². The van der Waals surface area contributed by atoms with Crippen LogP contribution in [-0.4, -0.2) is 28.5 Å². The van der Waals surface area contributed by atoms with Crippen molar-refractivity contribution >= 4 is 11.0 Å². The van der Waals surface area contributed by atoms with Gasteiger partial charge in [0.05, 0.1) is 17.1 Å². The molecular weight excluding hydrogens is 217 g/mol. The fourth-order valence-corrected chi connectivity index (χ4v) is 2.58. The monoisotopic (exact) mass is 233 g/mol. The molecule has 0 bridgehead atoms. The number of hydrogen-bond donors (Lipinski definition) is 1. The lowest BCUT2D eigenvalue weighted by Gasteiger charge is -2.30. The summed E-state index contributed by atoms with van der Waals surface area (Å²) >= 11 is 0. The summed E-state index contributed by atoms with van der Waals surface area (Å²) in [5.74, 6) is 0.736. The van der Waals surface area contributed by atoms with E-state index in [1.807, 2.05) is 0 Å². The van der Waals surface area contributed by atoms with E-state index in [4.69, 9.17) is 0 Å². The van der Waals surface area contributed by atoms with Crippen molar-refractivity contribution in [1.29, 1.82) is 0 Å². The third-order valence-corrected chi connectivity index (χ3v) is 3.55. The summed E-state index contributed by atoms with van der Waals surface area (Å²) < 4.78 is 13.1. The molecule has 3 rings (SSSR count). The number of H-pyrrole nitrogens is 1. The highest BCUT2D eigenvalue weighted by molar-refractivity contribution is 5.75. The summed E-state index contributed by atoms with van der Waals surface area (Å²) in [5.41, 5.74) is 1.64. The lowest BCUT2D eigenvalue weighted by molar-refractivity contribution is 0.180. The molecule has 0 amide bonds. The number of rotatable bonds is 1. The fourth-order valence-electron chi connectivity index (χ4n) is 2.58. The topological polar surface area (TPSA) is 31.9 Å². The van der Waals surface area contributed by atoms with Gasteiger partial charge in [0, 0.05) is 6.07 Å². The van der Waals surface area contributed by atoms with Crippen LogP contribution in [0.15, 0.2) is 18.2 Å². The van der Waals surface area contributed by atoms with Gasteiger partial charge < -0.3 is 4.98 Å². The Labute approximate surface area is 99.7 Å². The number of likely N-dealkylation sites (tertiary alicyclic amines) is 1. The van der Waals surface area contributed by atoms with Crippen molar-refractivity contribution in [3.8, 4) is 0 Å². The first kappa shape index (κ1) is 10.7. The second-order valence-corrected chi connectivity index (χ2v) is 4.78. The molecule has 2 aromatic rings. The molecular formula is C13H16FN3. The van der Waals surface area contributed by atoms with Crippen LogP contribution in [-0.2, 0) is 0 Å². The zero-order valence-electron chi connectivity index (χ0n) is 9.91. The molecule has 1 fully saturated rings. The molecule has 1 unspecified atom stereocenters. The fraction of sp³-hybridized carbons (Fsp3) is 0.462. The number of aromatic amines is 1. The predicted octanol–water partition coefficient (Wildman–Crippen LogP) is 2.86. The average Bonchev–Trinajstić information content (AvgIpc) is 2.72. The summed E-state index contributed by atoms with van der Waals surface area (Å²) in [6, 6.07) is 5.05. The highest BCUT2D eigenvalue weighted by Gasteiger charge is 2.23. The van der Waals surface area contributed by atoms with Crippen molar-refractivity contribution in [2.24, 2.45) is 0 Å². The van der Waals surface area contributed by atoms with Crippen LogP contribution in [0.2, 0.25) is 0 Å². The Morgan fingerprint density at radius 3 is 3.12 bits per heavy atom. The zero-order chi connectivity index (χ0) is 11.8. The van der Waals surface area contributed by atoms with Crippen LogP contribution >= 0.6 is 0 Å². The number of nitrogens with zero attached hydrogens (tertiary/aromatic N) is 2. The molecule has 1 aliphatic heterocycles. The van der Waals surface area contributed by atoms with Gasteiger partial charge in [-0.2, -0.15) is 0 Å². The molecule has 17 heavy (non-hydrogen) atoms. The van der Waals surface area contributed by atoms with Gasteiger partial charge in [0.15, 0.2) is 0 Å². The highest BCUT2D eigenvalue weighted by Crippen LogP contribution is 2.28. The molecule has 4 heteroatoms. The minimum atomic E-state index is -0.229. The van der Waals surface area contributed by atoms with E-state index in [0.29, 0.717) is 6.04 Å². The van der Waals surface area contributed by atoms with E-state index in [1.54, 1.807) is 6.07 Å². The lowest BCUT2D eigenvalue weighted by Crippen LogP contribution is -2.30. The number of halogens is 1.